The zero-order valence-corrected chi connectivity index (χ0v) is 17.9. The topological polar surface area (TPSA) is 77.6 Å². The summed E-state index contributed by atoms with van der Waals surface area (Å²) >= 11 is 1.44. The van der Waals surface area contributed by atoms with Gasteiger partial charge in [-0.2, -0.15) is 10.2 Å². The van der Waals surface area contributed by atoms with Crippen LogP contribution in [0.25, 0.3) is 21.9 Å². The molecule has 0 saturated carbocycles. The highest BCUT2D eigenvalue weighted by molar-refractivity contribution is 7.13. The van der Waals surface area contributed by atoms with Crippen molar-refractivity contribution in [2.24, 2.45) is 0 Å². The van der Waals surface area contributed by atoms with Crippen molar-refractivity contribution >= 4 is 17.2 Å². The number of rotatable bonds is 7. The first-order valence-corrected chi connectivity index (χ1v) is 11.1. The van der Waals surface area contributed by atoms with Crippen LogP contribution in [-0.4, -0.2) is 37.0 Å². The van der Waals surface area contributed by atoms with E-state index in [1.807, 2.05) is 65.6 Å². The molecule has 7 nitrogen and oxygen atoms in total. The molecule has 0 radical (unpaired) electrons. The smallest absolute Gasteiger partial charge is 0.270 e. The van der Waals surface area contributed by atoms with Crippen LogP contribution in [-0.2, 0) is 6.42 Å². The van der Waals surface area contributed by atoms with Gasteiger partial charge in [-0.25, -0.2) is 14.3 Å². The maximum absolute atomic E-state index is 12.5. The van der Waals surface area contributed by atoms with Gasteiger partial charge >= 0.3 is 0 Å². The maximum atomic E-state index is 12.5. The van der Waals surface area contributed by atoms with Crippen LogP contribution >= 0.6 is 11.3 Å². The molecule has 158 valence electrons. The first-order valence-electron chi connectivity index (χ1n) is 10.2. The Morgan fingerprint density at radius 2 is 1.75 bits per heavy atom. The van der Waals surface area contributed by atoms with Crippen molar-refractivity contribution in [3.63, 3.8) is 0 Å². The van der Waals surface area contributed by atoms with Crippen LogP contribution < -0.4 is 5.32 Å². The second kappa shape index (κ2) is 8.99. The van der Waals surface area contributed by atoms with Gasteiger partial charge in [0, 0.05) is 36.1 Å². The van der Waals surface area contributed by atoms with E-state index in [4.69, 9.17) is 0 Å². The summed E-state index contributed by atoms with van der Waals surface area (Å²) < 4.78 is 3.61. The summed E-state index contributed by atoms with van der Waals surface area (Å²) in [5, 5.41) is 14.1. The van der Waals surface area contributed by atoms with Gasteiger partial charge < -0.3 is 5.32 Å². The van der Waals surface area contributed by atoms with E-state index in [2.05, 4.69) is 32.6 Å². The number of hydrogen-bond acceptors (Lipinski definition) is 5. The molecule has 5 aromatic rings. The van der Waals surface area contributed by atoms with Gasteiger partial charge in [0.25, 0.3) is 5.91 Å². The van der Waals surface area contributed by atoms with E-state index in [1.54, 1.807) is 22.5 Å². The molecule has 8 heteroatoms. The molecule has 0 fully saturated rings. The molecule has 0 aliphatic heterocycles. The zero-order valence-electron chi connectivity index (χ0n) is 17.1. The van der Waals surface area contributed by atoms with E-state index in [1.165, 1.54) is 11.3 Å². The summed E-state index contributed by atoms with van der Waals surface area (Å²) in [6.07, 6.45) is 8.09. The normalized spacial score (nSPS) is 10.9. The van der Waals surface area contributed by atoms with Crippen LogP contribution in [0.2, 0.25) is 0 Å². The van der Waals surface area contributed by atoms with E-state index in [9.17, 15) is 4.79 Å². The van der Waals surface area contributed by atoms with E-state index < -0.39 is 0 Å². The summed E-state index contributed by atoms with van der Waals surface area (Å²) in [6, 6.07) is 19.9. The maximum Gasteiger partial charge on any atom is 0.270 e. The molecule has 1 amide bonds. The minimum absolute atomic E-state index is 0.170. The molecule has 0 aliphatic carbocycles. The molecule has 0 saturated heterocycles. The standard InChI is InChI=1S/C24H20N6OS/c31-23(25-13-11-18-7-9-21(10-8-18)29-14-4-12-26-29)22-17-32-24(28-22)19-15-27-30(16-19)20-5-2-1-3-6-20/h1-10,12,14-17H,11,13H2,(H,25,31). The fraction of sp³-hybridized carbons (Fsp3) is 0.0833. The minimum atomic E-state index is -0.170. The number of aromatic nitrogens is 5. The number of hydrogen-bond donors (Lipinski definition) is 1. The number of carbonyl (C=O) groups excluding carboxylic acids is 1. The van der Waals surface area contributed by atoms with Gasteiger partial charge in [0.2, 0.25) is 0 Å². The summed E-state index contributed by atoms with van der Waals surface area (Å²) in [7, 11) is 0. The molecular weight excluding hydrogens is 420 g/mol. The fourth-order valence-corrected chi connectivity index (χ4v) is 4.09. The van der Waals surface area contributed by atoms with E-state index >= 15 is 0 Å². The Labute approximate surface area is 189 Å². The molecule has 0 atom stereocenters. The largest absolute Gasteiger partial charge is 0.350 e. The average Bonchev–Trinajstić information content (AvgIpc) is 3.62. The monoisotopic (exact) mass is 440 g/mol. The number of para-hydroxylation sites is 1. The van der Waals surface area contributed by atoms with Gasteiger partial charge in [0.05, 0.1) is 17.6 Å². The third kappa shape index (κ3) is 4.35. The van der Waals surface area contributed by atoms with Crippen molar-refractivity contribution in [2.75, 3.05) is 6.54 Å². The highest BCUT2D eigenvalue weighted by atomic mass is 32.1. The first-order chi connectivity index (χ1) is 15.8. The summed E-state index contributed by atoms with van der Waals surface area (Å²) in [5.41, 5.74) is 4.44. The number of amides is 1. The van der Waals surface area contributed by atoms with Crippen LogP contribution in [0.5, 0.6) is 0 Å². The van der Waals surface area contributed by atoms with Crippen molar-refractivity contribution < 1.29 is 4.79 Å². The first kappa shape index (κ1) is 19.9. The summed E-state index contributed by atoms with van der Waals surface area (Å²) in [4.78, 5) is 17.0. The molecule has 0 unspecified atom stereocenters. The van der Waals surface area contributed by atoms with Crippen LogP contribution in [0.1, 0.15) is 16.1 Å². The molecule has 3 heterocycles. The lowest BCUT2D eigenvalue weighted by Gasteiger charge is -2.05. The van der Waals surface area contributed by atoms with E-state index in [-0.39, 0.29) is 5.91 Å². The third-order valence-corrected chi connectivity index (χ3v) is 5.88. The molecule has 0 spiro atoms. The summed E-state index contributed by atoms with van der Waals surface area (Å²) in [5.74, 6) is -0.170. The highest BCUT2D eigenvalue weighted by Gasteiger charge is 2.13. The lowest BCUT2D eigenvalue weighted by molar-refractivity contribution is 0.0950. The van der Waals surface area contributed by atoms with Crippen molar-refractivity contribution in [1.82, 2.24) is 29.9 Å². The number of carbonyl (C=O) groups is 1. The SMILES string of the molecule is O=C(NCCc1ccc(-n2cccn2)cc1)c1csc(-c2cnn(-c3ccccc3)c2)n1. The van der Waals surface area contributed by atoms with Gasteiger partial charge in [0.1, 0.15) is 10.7 Å². The molecule has 0 bridgehead atoms. The highest BCUT2D eigenvalue weighted by Crippen LogP contribution is 2.24. The Kier molecular flexibility index (Phi) is 5.59. The Bertz CT molecular complexity index is 1310. The predicted octanol–water partition coefficient (Wildman–Crippen LogP) is 4.15. The van der Waals surface area contributed by atoms with Crippen LogP contribution in [0, 0.1) is 0 Å². The number of thiazole rings is 1. The number of benzene rings is 2. The molecule has 0 aliphatic rings. The fourth-order valence-electron chi connectivity index (χ4n) is 3.31. The van der Waals surface area contributed by atoms with E-state index in [0.717, 1.165) is 33.9 Å². The lowest BCUT2D eigenvalue weighted by Crippen LogP contribution is -2.25. The second-order valence-corrected chi connectivity index (χ2v) is 8.03. The van der Waals surface area contributed by atoms with Crippen LogP contribution in [0.3, 0.4) is 0 Å². The van der Waals surface area contributed by atoms with E-state index in [0.29, 0.717) is 12.2 Å². The Morgan fingerprint density at radius 1 is 0.938 bits per heavy atom. The Morgan fingerprint density at radius 3 is 2.53 bits per heavy atom. The van der Waals surface area contributed by atoms with Gasteiger partial charge in [-0.05, 0) is 42.3 Å². The lowest BCUT2D eigenvalue weighted by atomic mass is 10.1. The molecule has 5 rings (SSSR count). The predicted molar refractivity (Wildman–Crippen MR) is 124 cm³/mol. The average molecular weight is 441 g/mol. The Hall–Kier alpha value is -4.04. The van der Waals surface area contributed by atoms with Crippen molar-refractivity contribution in [3.05, 3.63) is 102 Å². The Balaban J connectivity index is 1.17. The molecule has 3 aromatic heterocycles. The molecule has 32 heavy (non-hydrogen) atoms. The van der Waals surface area contributed by atoms with Crippen LogP contribution in [0.4, 0.5) is 0 Å². The van der Waals surface area contributed by atoms with Crippen molar-refractivity contribution in [1.29, 1.82) is 0 Å². The van der Waals surface area contributed by atoms with Crippen molar-refractivity contribution in [2.45, 2.75) is 6.42 Å². The molecule has 1 N–H and O–H groups in total. The van der Waals surface area contributed by atoms with Gasteiger partial charge in [0.15, 0.2) is 0 Å². The molecule has 2 aromatic carbocycles. The quantitative estimate of drug-likeness (QED) is 0.412. The number of nitrogens with zero attached hydrogens (tertiary/aromatic N) is 5. The van der Waals surface area contributed by atoms with Gasteiger partial charge in [-0.1, -0.05) is 30.3 Å². The summed E-state index contributed by atoms with van der Waals surface area (Å²) in [6.45, 7) is 0.540. The van der Waals surface area contributed by atoms with Crippen molar-refractivity contribution in [3.8, 4) is 21.9 Å². The zero-order chi connectivity index (χ0) is 21.8. The van der Waals surface area contributed by atoms with Gasteiger partial charge in [-0.15, -0.1) is 11.3 Å². The second-order valence-electron chi connectivity index (χ2n) is 7.17. The molecular formula is C24H20N6OS. The third-order valence-electron chi connectivity index (χ3n) is 4.99. The van der Waals surface area contributed by atoms with Gasteiger partial charge in [-0.3, -0.25) is 4.79 Å². The van der Waals surface area contributed by atoms with Crippen LogP contribution in [0.15, 0.2) is 90.8 Å². The minimum Gasteiger partial charge on any atom is -0.350 e. The number of nitrogens with one attached hydrogen (secondary N) is 1.